The van der Waals surface area contributed by atoms with Crippen molar-refractivity contribution in [3.8, 4) is 0 Å². The number of aromatic nitrogens is 8. The molecule has 3 aromatic rings. The number of methoxy groups -OCH3 is 2. The Balaban J connectivity index is 1.80. The van der Waals surface area contributed by atoms with Gasteiger partial charge in [0.1, 0.15) is 22.6 Å². The van der Waals surface area contributed by atoms with Crippen LogP contribution in [-0.4, -0.2) is 66.0 Å². The zero-order chi connectivity index (χ0) is 28.6. The summed E-state index contributed by atoms with van der Waals surface area (Å²) in [4.78, 5) is 59.1. The second kappa shape index (κ2) is 10.8. The Hall–Kier alpha value is -4.74. The van der Waals surface area contributed by atoms with E-state index in [1.807, 2.05) is 39.8 Å². The van der Waals surface area contributed by atoms with Gasteiger partial charge in [-0.25, -0.2) is 29.9 Å². The summed E-state index contributed by atoms with van der Waals surface area (Å²) in [5.74, 6) is 1.09. The van der Waals surface area contributed by atoms with E-state index in [1.165, 1.54) is 14.2 Å². The van der Waals surface area contributed by atoms with Crippen molar-refractivity contribution < 1.29 is 19.1 Å². The van der Waals surface area contributed by atoms with Gasteiger partial charge in [-0.3, -0.25) is 9.59 Å². The monoisotopic (exact) mass is 542 g/mol. The van der Waals surface area contributed by atoms with E-state index in [1.54, 1.807) is 0 Å². The minimum absolute atomic E-state index is 0.160. The van der Waals surface area contributed by atoms with Crippen LogP contribution < -0.4 is 0 Å². The molecule has 0 spiro atoms. The van der Waals surface area contributed by atoms with Gasteiger partial charge in [0.05, 0.1) is 14.2 Å². The molecular weight excluding hydrogens is 512 g/mol. The highest BCUT2D eigenvalue weighted by Crippen LogP contribution is 2.34. The van der Waals surface area contributed by atoms with Gasteiger partial charge in [-0.1, -0.05) is 0 Å². The SMILES string of the molecule is COC(=O)CCC1=C(C)c2nc1nc1nc(nc3[nH]c(cc3C)nc3[nH]c(cc3C)n2)C(C)=C1CCC(=O)OC. The third-order valence-electron chi connectivity index (χ3n) is 6.99. The molecule has 0 saturated heterocycles. The molecule has 206 valence electrons. The largest absolute Gasteiger partial charge is 0.469 e. The van der Waals surface area contributed by atoms with Crippen LogP contribution in [0.2, 0.25) is 0 Å². The smallest absolute Gasteiger partial charge is 0.305 e. The van der Waals surface area contributed by atoms with Gasteiger partial charge in [-0.15, -0.1) is 0 Å². The number of nitrogens with zero attached hydrogens (tertiary/aromatic N) is 6. The van der Waals surface area contributed by atoms with Gasteiger partial charge in [0, 0.05) is 35.1 Å². The van der Waals surface area contributed by atoms with Crippen molar-refractivity contribution in [3.05, 3.63) is 46.6 Å². The van der Waals surface area contributed by atoms with Crippen LogP contribution in [-0.2, 0) is 19.1 Å². The minimum atomic E-state index is -0.336. The molecule has 0 aliphatic carbocycles. The first-order chi connectivity index (χ1) is 19.2. The van der Waals surface area contributed by atoms with Crippen LogP contribution >= 0.6 is 0 Å². The lowest BCUT2D eigenvalue weighted by molar-refractivity contribution is -0.141. The molecule has 0 unspecified atom stereocenters. The molecule has 0 amide bonds. The van der Waals surface area contributed by atoms with Crippen molar-refractivity contribution in [3.63, 3.8) is 0 Å². The third kappa shape index (κ3) is 5.24. The number of esters is 2. The number of fused-ring (bicyclic) bond motifs is 8. The fraction of sp³-hybridized carbons (Fsp3) is 0.357. The average molecular weight is 543 g/mol. The van der Waals surface area contributed by atoms with Crippen molar-refractivity contribution in [2.24, 2.45) is 0 Å². The number of ether oxygens (including phenoxy) is 2. The number of allylic oxidation sites excluding steroid dienone is 4. The number of hydrogen-bond donors (Lipinski definition) is 2. The summed E-state index contributed by atoms with van der Waals surface area (Å²) < 4.78 is 9.72. The van der Waals surface area contributed by atoms with Crippen LogP contribution in [0.5, 0.6) is 0 Å². The van der Waals surface area contributed by atoms with Gasteiger partial charge in [0.15, 0.2) is 23.3 Å². The van der Waals surface area contributed by atoms with Crippen LogP contribution in [0.3, 0.4) is 0 Å². The van der Waals surface area contributed by atoms with Crippen molar-refractivity contribution in [1.82, 2.24) is 39.9 Å². The highest BCUT2D eigenvalue weighted by atomic mass is 16.5. The van der Waals surface area contributed by atoms with Crippen LogP contribution in [0, 0.1) is 13.8 Å². The molecule has 2 aliphatic rings. The predicted octanol–water partition coefficient (Wildman–Crippen LogP) is 4.28. The summed E-state index contributed by atoms with van der Waals surface area (Å²) in [7, 11) is 2.72. The zero-order valence-electron chi connectivity index (χ0n) is 23.3. The number of carbonyl (C=O) groups is 2. The summed E-state index contributed by atoms with van der Waals surface area (Å²) in [5.41, 5.74) is 7.46. The minimum Gasteiger partial charge on any atom is -0.469 e. The molecule has 8 bridgehead atoms. The maximum Gasteiger partial charge on any atom is 0.305 e. The number of carbonyl (C=O) groups excluding carboxylic acids is 2. The Morgan fingerprint density at radius 1 is 0.625 bits per heavy atom. The molecule has 0 saturated carbocycles. The Labute approximate surface area is 230 Å². The molecule has 0 aromatic carbocycles. The third-order valence-corrected chi connectivity index (χ3v) is 6.99. The maximum absolute atomic E-state index is 12.0. The molecule has 2 aliphatic heterocycles. The summed E-state index contributed by atoms with van der Waals surface area (Å²) >= 11 is 0. The summed E-state index contributed by atoms with van der Waals surface area (Å²) in [5, 5.41) is 0. The molecule has 3 aromatic heterocycles. The second-order valence-electron chi connectivity index (χ2n) is 9.70. The fourth-order valence-electron chi connectivity index (χ4n) is 4.62. The first-order valence-electron chi connectivity index (χ1n) is 12.9. The van der Waals surface area contributed by atoms with Gasteiger partial charge in [-0.05, 0) is 63.8 Å². The topological polar surface area (TPSA) is 162 Å². The first-order valence-corrected chi connectivity index (χ1v) is 12.9. The van der Waals surface area contributed by atoms with Crippen LogP contribution in [0.4, 0.5) is 0 Å². The van der Waals surface area contributed by atoms with Crippen LogP contribution in [0.15, 0.2) is 12.1 Å². The van der Waals surface area contributed by atoms with E-state index in [9.17, 15) is 9.59 Å². The van der Waals surface area contributed by atoms with Crippen LogP contribution in [0.25, 0.3) is 44.9 Å². The first kappa shape index (κ1) is 26.9. The van der Waals surface area contributed by atoms with E-state index >= 15 is 0 Å². The molecule has 0 atom stereocenters. The van der Waals surface area contributed by atoms with E-state index in [4.69, 9.17) is 39.4 Å². The fourth-order valence-corrected chi connectivity index (χ4v) is 4.62. The average Bonchev–Trinajstić information content (AvgIpc) is 3.62. The Morgan fingerprint density at radius 3 is 1.55 bits per heavy atom. The predicted molar refractivity (Wildman–Crippen MR) is 149 cm³/mol. The van der Waals surface area contributed by atoms with E-state index in [0.29, 0.717) is 58.7 Å². The molecule has 40 heavy (non-hydrogen) atoms. The van der Waals surface area contributed by atoms with Crippen molar-refractivity contribution in [2.45, 2.75) is 53.4 Å². The molecule has 5 heterocycles. The second-order valence-corrected chi connectivity index (χ2v) is 9.70. The molecule has 0 fully saturated rings. The number of H-pyrrole nitrogens is 2. The molecular formula is C28H30N8O4. The van der Waals surface area contributed by atoms with Gasteiger partial charge in [0.2, 0.25) is 0 Å². The summed E-state index contributed by atoms with van der Waals surface area (Å²) in [6.45, 7) is 7.70. The summed E-state index contributed by atoms with van der Waals surface area (Å²) in [6, 6.07) is 3.81. The normalized spacial score (nSPS) is 13.2. The number of nitrogens with one attached hydrogen (secondary N) is 2. The van der Waals surface area contributed by atoms with Gasteiger partial charge in [0.25, 0.3) is 0 Å². The number of hydrogen-bond acceptors (Lipinski definition) is 10. The van der Waals surface area contributed by atoms with E-state index < -0.39 is 0 Å². The lowest BCUT2D eigenvalue weighted by atomic mass is 10.0. The zero-order valence-corrected chi connectivity index (χ0v) is 23.3. The molecule has 5 rings (SSSR count). The Morgan fingerprint density at radius 2 is 1.05 bits per heavy atom. The lowest BCUT2D eigenvalue weighted by Crippen LogP contribution is -2.02. The summed E-state index contributed by atoms with van der Waals surface area (Å²) in [6.07, 6.45) is 1.05. The molecule has 12 nitrogen and oxygen atoms in total. The van der Waals surface area contributed by atoms with Crippen molar-refractivity contribution >= 4 is 56.8 Å². The molecule has 2 N–H and O–H groups in total. The van der Waals surface area contributed by atoms with E-state index in [0.717, 1.165) is 33.4 Å². The van der Waals surface area contributed by atoms with Gasteiger partial charge >= 0.3 is 11.9 Å². The van der Waals surface area contributed by atoms with Gasteiger partial charge < -0.3 is 19.4 Å². The highest BCUT2D eigenvalue weighted by molar-refractivity contribution is 5.93. The Bertz CT molecular complexity index is 1760. The standard InChI is InChI=1S/C28H30N8O4/c1-13-11-20-30-23(13)29-19-12-14(2)24(31-19)33-26-16(4)18(8-10-22(38)40-6)28(35-26)36-27-17(7-9-21(37)39-5)15(3)25(32-20)34-27/h11-12H,7-10H2,1-6H3,(H2,29,30,31,32,33,34,35,36). The Kier molecular flexibility index (Phi) is 7.24. The molecule has 12 heteroatoms. The van der Waals surface area contributed by atoms with Gasteiger partial charge in [-0.2, -0.15) is 0 Å². The van der Waals surface area contributed by atoms with Crippen molar-refractivity contribution in [2.75, 3.05) is 14.2 Å². The number of rotatable bonds is 6. The van der Waals surface area contributed by atoms with Crippen molar-refractivity contribution in [1.29, 1.82) is 0 Å². The van der Waals surface area contributed by atoms with Crippen LogP contribution in [0.1, 0.15) is 74.0 Å². The number of aromatic amines is 2. The van der Waals surface area contributed by atoms with E-state index in [-0.39, 0.29) is 24.8 Å². The highest BCUT2D eigenvalue weighted by Gasteiger charge is 2.24. The number of aryl methyl sites for hydroxylation is 2. The van der Waals surface area contributed by atoms with E-state index in [2.05, 4.69) is 9.97 Å². The lowest BCUT2D eigenvalue weighted by Gasteiger charge is -2.05. The maximum atomic E-state index is 12.0. The molecule has 0 radical (unpaired) electrons. The quantitative estimate of drug-likeness (QED) is 0.430.